The largest absolute Gasteiger partial charge is 0.486 e. The minimum absolute atomic E-state index is 0.0246. The Balaban J connectivity index is 1.49. The lowest BCUT2D eigenvalue weighted by atomic mass is 9.96. The quantitative estimate of drug-likeness (QED) is 0.734. The molecule has 1 aromatic rings. The Hall–Kier alpha value is -1.93. The minimum Gasteiger partial charge on any atom is -0.486 e. The molecule has 1 fully saturated rings. The molecule has 1 aromatic carbocycles. The number of fused-ring (bicyclic) bond motifs is 1. The summed E-state index contributed by atoms with van der Waals surface area (Å²) in [7, 11) is 0. The number of hydrogen-bond acceptors (Lipinski definition) is 6. The molecule has 0 saturated carbocycles. The molecule has 0 spiro atoms. The third-order valence-corrected chi connectivity index (χ3v) is 5.29. The maximum Gasteiger partial charge on any atom is 0.234 e. The molecular formula is C17H23N3O4S. The first-order valence-corrected chi connectivity index (χ1v) is 9.49. The average molecular weight is 365 g/mol. The molecule has 7 nitrogen and oxygen atoms in total. The highest BCUT2D eigenvalue weighted by Crippen LogP contribution is 2.32. The van der Waals surface area contributed by atoms with Crippen LogP contribution < -0.4 is 25.4 Å². The van der Waals surface area contributed by atoms with Crippen LogP contribution in [0.1, 0.15) is 20.3 Å². The molecule has 25 heavy (non-hydrogen) atoms. The van der Waals surface area contributed by atoms with E-state index in [9.17, 15) is 9.59 Å². The molecule has 0 bridgehead atoms. The van der Waals surface area contributed by atoms with Gasteiger partial charge in [-0.25, -0.2) is 0 Å². The number of thioether (sulfide) groups is 1. The summed E-state index contributed by atoms with van der Waals surface area (Å²) in [5.74, 6) is 1.44. The second-order valence-electron chi connectivity index (χ2n) is 6.08. The van der Waals surface area contributed by atoms with E-state index in [1.807, 2.05) is 13.8 Å². The molecule has 0 radical (unpaired) electrons. The van der Waals surface area contributed by atoms with Gasteiger partial charge in [0.25, 0.3) is 0 Å². The van der Waals surface area contributed by atoms with Gasteiger partial charge in [-0.05, 0) is 25.5 Å². The Morgan fingerprint density at radius 2 is 2.08 bits per heavy atom. The predicted octanol–water partition coefficient (Wildman–Crippen LogP) is 1.55. The smallest absolute Gasteiger partial charge is 0.234 e. The van der Waals surface area contributed by atoms with Gasteiger partial charge in [-0.2, -0.15) is 0 Å². The normalized spacial score (nSPS) is 25.2. The SMILES string of the molecule is CCC1C(=O)NC(SCC(=O)Nc2ccc3c(c2)OCCO3)NC1C. The van der Waals surface area contributed by atoms with Gasteiger partial charge < -0.3 is 20.1 Å². The summed E-state index contributed by atoms with van der Waals surface area (Å²) in [5, 5.41) is 9.06. The van der Waals surface area contributed by atoms with Crippen LogP contribution in [0.4, 0.5) is 5.69 Å². The highest BCUT2D eigenvalue weighted by atomic mass is 32.2. The minimum atomic E-state index is -0.253. The van der Waals surface area contributed by atoms with Gasteiger partial charge in [0.15, 0.2) is 11.5 Å². The number of carbonyl (C=O) groups excluding carboxylic acids is 2. The second kappa shape index (κ2) is 7.97. The van der Waals surface area contributed by atoms with E-state index in [0.717, 1.165) is 6.42 Å². The standard InChI is InChI=1S/C17H23N3O4S/c1-3-12-10(2)18-17(20-16(12)22)25-9-15(21)19-11-4-5-13-14(8-11)24-7-6-23-13/h4-5,8,10,12,17-18H,3,6-7,9H2,1-2H3,(H,19,21)(H,20,22). The number of amides is 2. The number of ether oxygens (including phenoxy) is 2. The first-order chi connectivity index (χ1) is 12.1. The Morgan fingerprint density at radius 3 is 2.80 bits per heavy atom. The molecule has 3 unspecified atom stereocenters. The van der Waals surface area contributed by atoms with Gasteiger partial charge in [0.05, 0.1) is 11.7 Å². The fourth-order valence-corrected chi connectivity index (χ4v) is 3.87. The molecule has 1 saturated heterocycles. The highest BCUT2D eigenvalue weighted by molar-refractivity contribution is 8.00. The summed E-state index contributed by atoms with van der Waals surface area (Å²) in [6.45, 7) is 5.03. The summed E-state index contributed by atoms with van der Waals surface area (Å²) in [5.41, 5.74) is 0.409. The highest BCUT2D eigenvalue weighted by Gasteiger charge is 2.32. The summed E-state index contributed by atoms with van der Waals surface area (Å²) in [6.07, 6.45) is 0.794. The summed E-state index contributed by atoms with van der Waals surface area (Å²) in [6, 6.07) is 5.42. The molecule has 136 valence electrons. The predicted molar refractivity (Wildman–Crippen MR) is 96.8 cm³/mol. The molecule has 2 amide bonds. The van der Waals surface area contributed by atoms with Crippen LogP contribution in [0.3, 0.4) is 0 Å². The number of benzene rings is 1. The van der Waals surface area contributed by atoms with Crippen molar-refractivity contribution in [2.75, 3.05) is 24.3 Å². The van der Waals surface area contributed by atoms with Crippen molar-refractivity contribution in [3.63, 3.8) is 0 Å². The van der Waals surface area contributed by atoms with E-state index in [1.165, 1.54) is 11.8 Å². The van der Waals surface area contributed by atoms with Gasteiger partial charge in [0, 0.05) is 17.8 Å². The third-order valence-electron chi connectivity index (χ3n) is 4.27. The van der Waals surface area contributed by atoms with Gasteiger partial charge in [0.2, 0.25) is 11.8 Å². The topological polar surface area (TPSA) is 88.7 Å². The zero-order chi connectivity index (χ0) is 17.8. The Bertz CT molecular complexity index is 655. The molecule has 3 atom stereocenters. The van der Waals surface area contributed by atoms with Gasteiger partial charge in [-0.3, -0.25) is 14.9 Å². The van der Waals surface area contributed by atoms with E-state index in [4.69, 9.17) is 9.47 Å². The lowest BCUT2D eigenvalue weighted by Crippen LogP contribution is -2.59. The lowest BCUT2D eigenvalue weighted by Gasteiger charge is -2.34. The number of anilines is 1. The summed E-state index contributed by atoms with van der Waals surface area (Å²) >= 11 is 1.36. The van der Waals surface area contributed by atoms with E-state index in [-0.39, 0.29) is 35.0 Å². The van der Waals surface area contributed by atoms with Crippen molar-refractivity contribution in [1.82, 2.24) is 10.6 Å². The van der Waals surface area contributed by atoms with Crippen LogP contribution in [0.2, 0.25) is 0 Å². The van der Waals surface area contributed by atoms with Crippen molar-refractivity contribution in [1.29, 1.82) is 0 Å². The van der Waals surface area contributed by atoms with E-state index >= 15 is 0 Å². The molecule has 8 heteroatoms. The maximum absolute atomic E-state index is 12.2. The fraction of sp³-hybridized carbons (Fsp3) is 0.529. The van der Waals surface area contributed by atoms with Crippen molar-refractivity contribution in [3.05, 3.63) is 18.2 Å². The molecule has 0 aromatic heterocycles. The number of hydrogen-bond donors (Lipinski definition) is 3. The van der Waals surface area contributed by atoms with E-state index in [1.54, 1.807) is 18.2 Å². The van der Waals surface area contributed by atoms with Crippen molar-refractivity contribution in [2.24, 2.45) is 5.92 Å². The zero-order valence-corrected chi connectivity index (χ0v) is 15.2. The number of nitrogens with one attached hydrogen (secondary N) is 3. The fourth-order valence-electron chi connectivity index (χ4n) is 2.97. The van der Waals surface area contributed by atoms with E-state index in [0.29, 0.717) is 30.4 Å². The van der Waals surface area contributed by atoms with Crippen LogP contribution in [0.25, 0.3) is 0 Å². The number of carbonyl (C=O) groups is 2. The summed E-state index contributed by atoms with van der Waals surface area (Å²) in [4.78, 5) is 24.2. The molecule has 3 N–H and O–H groups in total. The van der Waals surface area contributed by atoms with Crippen LogP contribution in [-0.4, -0.2) is 42.3 Å². The average Bonchev–Trinajstić information content (AvgIpc) is 2.60. The van der Waals surface area contributed by atoms with Crippen molar-refractivity contribution < 1.29 is 19.1 Å². The first-order valence-electron chi connectivity index (χ1n) is 8.44. The second-order valence-corrected chi connectivity index (χ2v) is 7.17. The van der Waals surface area contributed by atoms with Crippen LogP contribution in [-0.2, 0) is 9.59 Å². The maximum atomic E-state index is 12.2. The zero-order valence-electron chi connectivity index (χ0n) is 14.3. The Morgan fingerprint density at radius 1 is 1.32 bits per heavy atom. The van der Waals surface area contributed by atoms with Crippen LogP contribution in [0.15, 0.2) is 18.2 Å². The first kappa shape index (κ1) is 17.9. The van der Waals surface area contributed by atoms with Gasteiger partial charge in [-0.15, -0.1) is 11.8 Å². The van der Waals surface area contributed by atoms with E-state index < -0.39 is 0 Å². The molecule has 2 aliphatic heterocycles. The van der Waals surface area contributed by atoms with Crippen LogP contribution in [0, 0.1) is 5.92 Å². The molecular weight excluding hydrogens is 342 g/mol. The van der Waals surface area contributed by atoms with Gasteiger partial charge in [-0.1, -0.05) is 6.92 Å². The molecule has 2 aliphatic rings. The lowest BCUT2D eigenvalue weighted by molar-refractivity contribution is -0.128. The molecule has 0 aliphatic carbocycles. The molecule has 3 rings (SSSR count). The van der Waals surface area contributed by atoms with Crippen LogP contribution >= 0.6 is 11.8 Å². The van der Waals surface area contributed by atoms with Crippen molar-refractivity contribution in [3.8, 4) is 11.5 Å². The monoisotopic (exact) mass is 365 g/mol. The summed E-state index contributed by atoms with van der Waals surface area (Å²) < 4.78 is 11.0. The van der Waals surface area contributed by atoms with Crippen molar-refractivity contribution in [2.45, 2.75) is 31.8 Å². The Kier molecular flexibility index (Phi) is 5.70. The van der Waals surface area contributed by atoms with E-state index in [2.05, 4.69) is 16.0 Å². The van der Waals surface area contributed by atoms with Gasteiger partial charge >= 0.3 is 0 Å². The van der Waals surface area contributed by atoms with Crippen molar-refractivity contribution >= 4 is 29.3 Å². The van der Waals surface area contributed by atoms with Gasteiger partial charge in [0.1, 0.15) is 18.7 Å². The molecule has 2 heterocycles. The Labute approximate surface area is 151 Å². The number of rotatable bonds is 5. The third kappa shape index (κ3) is 4.38. The van der Waals surface area contributed by atoms with Crippen LogP contribution in [0.5, 0.6) is 11.5 Å².